The van der Waals surface area contributed by atoms with Gasteiger partial charge < -0.3 is 5.11 Å². The van der Waals surface area contributed by atoms with Crippen LogP contribution in [0.15, 0.2) is 59.3 Å². The zero-order valence-corrected chi connectivity index (χ0v) is 13.3. The first-order valence-corrected chi connectivity index (χ1v) is 7.57. The molecule has 3 nitrogen and oxygen atoms in total. The summed E-state index contributed by atoms with van der Waals surface area (Å²) >= 11 is 0. The lowest BCUT2D eigenvalue weighted by Crippen LogP contribution is -2.30. The zero-order chi connectivity index (χ0) is 16.2. The van der Waals surface area contributed by atoms with Gasteiger partial charge >= 0.3 is 0 Å². The maximum atomic E-state index is 12.5. The fourth-order valence-electron chi connectivity index (χ4n) is 2.80. The van der Waals surface area contributed by atoms with Crippen molar-refractivity contribution < 1.29 is 9.90 Å². The molecular weight excluding hydrogens is 274 g/mol. The largest absolute Gasteiger partial charge is 0.511 e. The van der Waals surface area contributed by atoms with Crippen LogP contribution >= 0.6 is 0 Å². The number of benzene rings is 1. The van der Waals surface area contributed by atoms with Crippen LogP contribution in [0.25, 0.3) is 0 Å². The SMILES string of the molecule is C=CCN=C(Cc1ccccc1)C1=C(O)CC(C)(C)CC1=O. The number of Topliss-reactive ketones (excluding diaryl/α,β-unsaturated/α-hetero) is 1. The van der Waals surface area contributed by atoms with Crippen molar-refractivity contribution in [2.24, 2.45) is 10.4 Å². The third kappa shape index (κ3) is 3.94. The molecule has 1 aromatic carbocycles. The highest BCUT2D eigenvalue weighted by Gasteiger charge is 2.34. The van der Waals surface area contributed by atoms with Gasteiger partial charge in [-0.1, -0.05) is 50.3 Å². The first-order chi connectivity index (χ1) is 10.4. The van der Waals surface area contributed by atoms with Crippen molar-refractivity contribution in [3.05, 3.63) is 59.9 Å². The molecular formula is C19H23NO2. The Morgan fingerprint density at radius 1 is 1.32 bits per heavy atom. The molecule has 0 saturated heterocycles. The molecule has 0 aliphatic heterocycles. The summed E-state index contributed by atoms with van der Waals surface area (Å²) in [5.41, 5.74) is 1.94. The monoisotopic (exact) mass is 297 g/mol. The smallest absolute Gasteiger partial charge is 0.168 e. The first kappa shape index (κ1) is 16.2. The van der Waals surface area contributed by atoms with Gasteiger partial charge in [-0.15, -0.1) is 6.58 Å². The molecule has 0 atom stereocenters. The van der Waals surface area contributed by atoms with Crippen LogP contribution in [0.1, 0.15) is 32.3 Å². The van der Waals surface area contributed by atoms with Crippen molar-refractivity contribution in [3.8, 4) is 0 Å². The number of carbonyl (C=O) groups is 1. The van der Waals surface area contributed by atoms with Crippen LogP contribution in [0.5, 0.6) is 0 Å². The first-order valence-electron chi connectivity index (χ1n) is 7.57. The van der Waals surface area contributed by atoms with E-state index < -0.39 is 0 Å². The number of aliphatic hydroxyl groups excluding tert-OH is 1. The van der Waals surface area contributed by atoms with Crippen LogP contribution in [0.4, 0.5) is 0 Å². The summed E-state index contributed by atoms with van der Waals surface area (Å²) in [5.74, 6) is 0.146. The third-order valence-electron chi connectivity index (χ3n) is 3.77. The number of aliphatic imine (C=N–C) groups is 1. The predicted molar refractivity (Wildman–Crippen MR) is 90.3 cm³/mol. The van der Waals surface area contributed by atoms with Gasteiger partial charge in [0.2, 0.25) is 0 Å². The third-order valence-corrected chi connectivity index (χ3v) is 3.77. The number of hydrogen-bond donors (Lipinski definition) is 1. The lowest BCUT2D eigenvalue weighted by Gasteiger charge is -2.30. The number of rotatable bonds is 5. The Balaban J connectivity index is 2.37. The molecule has 22 heavy (non-hydrogen) atoms. The van der Waals surface area contributed by atoms with Gasteiger partial charge in [0, 0.05) is 19.3 Å². The lowest BCUT2D eigenvalue weighted by molar-refractivity contribution is -0.117. The molecule has 0 saturated carbocycles. The summed E-state index contributed by atoms with van der Waals surface area (Å²) in [7, 11) is 0. The molecule has 1 aliphatic carbocycles. The second-order valence-electron chi connectivity index (χ2n) is 6.50. The Morgan fingerprint density at radius 3 is 2.59 bits per heavy atom. The molecule has 1 aromatic rings. The van der Waals surface area contributed by atoms with Gasteiger partial charge in [0.25, 0.3) is 0 Å². The molecule has 116 valence electrons. The van der Waals surface area contributed by atoms with Gasteiger partial charge in [0.05, 0.1) is 17.8 Å². The van der Waals surface area contributed by atoms with Gasteiger partial charge in [0.1, 0.15) is 5.76 Å². The van der Waals surface area contributed by atoms with Gasteiger partial charge in [-0.25, -0.2) is 0 Å². The molecule has 3 heteroatoms. The topological polar surface area (TPSA) is 49.7 Å². The molecule has 1 N–H and O–H groups in total. The highest BCUT2D eigenvalue weighted by atomic mass is 16.3. The van der Waals surface area contributed by atoms with Crippen LogP contribution in [0.2, 0.25) is 0 Å². The molecule has 0 spiro atoms. The van der Waals surface area contributed by atoms with Crippen LogP contribution in [0, 0.1) is 5.41 Å². The van der Waals surface area contributed by atoms with Crippen LogP contribution in [-0.4, -0.2) is 23.1 Å². The number of aliphatic hydroxyl groups is 1. The van der Waals surface area contributed by atoms with Gasteiger partial charge in [-0.3, -0.25) is 9.79 Å². The van der Waals surface area contributed by atoms with Crippen LogP contribution in [-0.2, 0) is 11.2 Å². The van der Waals surface area contributed by atoms with Crippen LogP contribution < -0.4 is 0 Å². The van der Waals surface area contributed by atoms with Crippen molar-refractivity contribution in [1.29, 1.82) is 0 Å². The quantitative estimate of drug-likeness (QED) is 0.658. The average molecular weight is 297 g/mol. The minimum Gasteiger partial charge on any atom is -0.511 e. The molecule has 0 amide bonds. The normalized spacial score (nSPS) is 18.5. The van der Waals surface area contributed by atoms with E-state index in [1.807, 2.05) is 44.2 Å². The van der Waals surface area contributed by atoms with Crippen molar-refractivity contribution in [3.63, 3.8) is 0 Å². The number of nitrogens with zero attached hydrogens (tertiary/aromatic N) is 1. The molecule has 0 heterocycles. The second kappa shape index (κ2) is 6.73. The number of allylic oxidation sites excluding steroid dienone is 2. The Kier molecular flexibility index (Phi) is 4.96. The van der Waals surface area contributed by atoms with Crippen molar-refractivity contribution in [2.75, 3.05) is 6.54 Å². The van der Waals surface area contributed by atoms with Gasteiger partial charge in [-0.2, -0.15) is 0 Å². The Morgan fingerprint density at radius 2 is 2.00 bits per heavy atom. The lowest BCUT2D eigenvalue weighted by atomic mass is 9.75. The Labute approximate surface area is 132 Å². The van der Waals surface area contributed by atoms with Crippen molar-refractivity contribution in [1.82, 2.24) is 0 Å². The molecule has 2 rings (SSSR count). The van der Waals surface area contributed by atoms with Gasteiger partial charge in [-0.05, 0) is 11.0 Å². The molecule has 0 aromatic heterocycles. The summed E-state index contributed by atoms with van der Waals surface area (Å²) in [6, 6.07) is 9.87. The van der Waals surface area contributed by atoms with E-state index in [2.05, 4.69) is 11.6 Å². The molecule has 0 bridgehead atoms. The Bertz CT molecular complexity index is 624. The zero-order valence-electron chi connectivity index (χ0n) is 13.3. The summed E-state index contributed by atoms with van der Waals surface area (Å²) in [6.07, 6.45) is 3.18. The van der Waals surface area contributed by atoms with E-state index in [1.54, 1.807) is 6.08 Å². The van der Waals surface area contributed by atoms with E-state index >= 15 is 0 Å². The standard InChI is InChI=1S/C19H23NO2/c1-4-10-20-15(11-14-8-6-5-7-9-14)18-16(21)12-19(2,3)13-17(18)22/h4-9,21H,1,10-13H2,2-3H3. The Hall–Kier alpha value is -2.16. The fourth-order valence-corrected chi connectivity index (χ4v) is 2.80. The average Bonchev–Trinajstić information content (AvgIpc) is 2.43. The van der Waals surface area contributed by atoms with Gasteiger partial charge in [0.15, 0.2) is 5.78 Å². The fraction of sp³-hybridized carbons (Fsp3) is 0.368. The molecule has 0 fully saturated rings. The molecule has 0 radical (unpaired) electrons. The minimum absolute atomic E-state index is 0.0208. The summed E-state index contributed by atoms with van der Waals surface area (Å²) in [6.45, 7) is 8.11. The van der Waals surface area contributed by atoms with E-state index in [0.717, 1.165) is 5.56 Å². The van der Waals surface area contributed by atoms with Crippen molar-refractivity contribution >= 4 is 11.5 Å². The van der Waals surface area contributed by atoms with E-state index in [1.165, 1.54) is 0 Å². The minimum atomic E-state index is -0.193. The maximum Gasteiger partial charge on any atom is 0.168 e. The highest BCUT2D eigenvalue weighted by molar-refractivity contribution is 6.23. The summed E-state index contributed by atoms with van der Waals surface area (Å²) in [5, 5.41) is 10.4. The van der Waals surface area contributed by atoms with E-state index in [4.69, 9.17) is 0 Å². The number of ketones is 1. The maximum absolute atomic E-state index is 12.5. The summed E-state index contributed by atoms with van der Waals surface area (Å²) < 4.78 is 0. The molecule has 0 unspecified atom stereocenters. The number of carbonyl (C=O) groups excluding carboxylic acids is 1. The second-order valence-corrected chi connectivity index (χ2v) is 6.50. The van der Waals surface area contributed by atoms with E-state index in [0.29, 0.717) is 37.1 Å². The van der Waals surface area contributed by atoms with E-state index in [-0.39, 0.29) is 17.0 Å². The van der Waals surface area contributed by atoms with E-state index in [9.17, 15) is 9.90 Å². The highest BCUT2D eigenvalue weighted by Crippen LogP contribution is 2.36. The van der Waals surface area contributed by atoms with Crippen molar-refractivity contribution in [2.45, 2.75) is 33.1 Å². The summed E-state index contributed by atoms with van der Waals surface area (Å²) in [4.78, 5) is 17.0. The molecule has 1 aliphatic rings. The number of hydrogen-bond acceptors (Lipinski definition) is 3. The predicted octanol–water partition coefficient (Wildman–Crippen LogP) is 4.06. The van der Waals surface area contributed by atoms with Crippen LogP contribution in [0.3, 0.4) is 0 Å².